The van der Waals surface area contributed by atoms with Crippen LogP contribution >= 0.6 is 0 Å². The van der Waals surface area contributed by atoms with Crippen LogP contribution in [-0.2, 0) is 0 Å². The molecule has 2 aromatic heterocycles. The highest BCUT2D eigenvalue weighted by Crippen LogP contribution is 2.42. The van der Waals surface area contributed by atoms with Crippen molar-refractivity contribution in [2.24, 2.45) is 0 Å². The fourth-order valence-corrected chi connectivity index (χ4v) is 7.66. The quantitative estimate of drug-likeness (QED) is 0.174. The summed E-state index contributed by atoms with van der Waals surface area (Å²) in [5.74, 6) is 0. The molecular formula is C47H34N2. The first-order valence-electron chi connectivity index (χ1n) is 16.8. The molecule has 0 aliphatic heterocycles. The number of aromatic nitrogens is 2. The molecule has 9 aromatic rings. The molecule has 49 heavy (non-hydrogen) atoms. The van der Waals surface area contributed by atoms with Gasteiger partial charge in [0, 0.05) is 33.1 Å². The Morgan fingerprint density at radius 2 is 1.02 bits per heavy atom. The minimum Gasteiger partial charge on any atom is -0.309 e. The smallest absolute Gasteiger partial charge is 0.0576 e. The van der Waals surface area contributed by atoms with Gasteiger partial charge in [0.25, 0.3) is 0 Å². The van der Waals surface area contributed by atoms with Gasteiger partial charge in [-0.05, 0) is 82.8 Å². The first kappa shape index (κ1) is 28.8. The highest BCUT2D eigenvalue weighted by molar-refractivity contribution is 6.15. The molecule has 0 N–H and O–H groups in total. The van der Waals surface area contributed by atoms with Gasteiger partial charge >= 0.3 is 0 Å². The monoisotopic (exact) mass is 626 g/mol. The molecule has 2 heterocycles. The van der Waals surface area contributed by atoms with Crippen LogP contribution in [0.15, 0.2) is 176 Å². The van der Waals surface area contributed by atoms with Crippen LogP contribution in [0.4, 0.5) is 0 Å². The van der Waals surface area contributed by atoms with Crippen molar-refractivity contribution in [3.63, 3.8) is 0 Å². The molecule has 0 saturated heterocycles. The van der Waals surface area contributed by atoms with E-state index in [1.165, 1.54) is 71.8 Å². The molecule has 0 aliphatic rings. The van der Waals surface area contributed by atoms with Crippen molar-refractivity contribution < 1.29 is 0 Å². The van der Waals surface area contributed by atoms with Gasteiger partial charge in [-0.3, -0.25) is 0 Å². The summed E-state index contributed by atoms with van der Waals surface area (Å²) in [4.78, 5) is 0. The molecule has 0 spiro atoms. The molecule has 0 unspecified atom stereocenters. The van der Waals surface area contributed by atoms with Crippen LogP contribution in [-0.4, -0.2) is 9.13 Å². The number of rotatable bonds is 6. The summed E-state index contributed by atoms with van der Waals surface area (Å²) in [6.45, 7) is 6.42. The molecule has 2 heteroatoms. The summed E-state index contributed by atoms with van der Waals surface area (Å²) in [6.07, 6.45) is 1.96. The van der Waals surface area contributed by atoms with E-state index in [4.69, 9.17) is 0 Å². The van der Waals surface area contributed by atoms with Gasteiger partial charge in [-0.25, -0.2) is 0 Å². The van der Waals surface area contributed by atoms with E-state index in [1.54, 1.807) is 0 Å². The molecule has 7 aromatic carbocycles. The molecule has 0 radical (unpaired) electrons. The van der Waals surface area contributed by atoms with E-state index in [1.807, 2.05) is 6.08 Å². The van der Waals surface area contributed by atoms with Crippen LogP contribution in [0.1, 0.15) is 11.1 Å². The molecule has 9 rings (SSSR count). The van der Waals surface area contributed by atoms with E-state index in [9.17, 15) is 0 Å². The highest BCUT2D eigenvalue weighted by atomic mass is 15.0. The summed E-state index contributed by atoms with van der Waals surface area (Å²) in [6, 6.07) is 61.2. The zero-order valence-electron chi connectivity index (χ0n) is 27.3. The first-order chi connectivity index (χ1) is 24.2. The van der Waals surface area contributed by atoms with Crippen molar-refractivity contribution in [3.05, 3.63) is 188 Å². The van der Waals surface area contributed by atoms with Crippen molar-refractivity contribution in [2.45, 2.75) is 6.92 Å². The van der Waals surface area contributed by atoms with Gasteiger partial charge in [-0.15, -0.1) is 0 Å². The Bertz CT molecular complexity index is 2670. The van der Waals surface area contributed by atoms with Crippen LogP contribution in [0, 0.1) is 6.92 Å². The highest BCUT2D eigenvalue weighted by Gasteiger charge is 2.22. The standard InChI is InChI=1S/C47H34N2/c1-3-33-17-10-11-26-40(33)47-32(2)42-30-43-41-27-14-15-28-44(41)48(46(43)31-45(42)49(47)36-21-8-5-9-22-36)37-23-16-20-35(29-37)39-25-13-12-24-38(39)34-18-6-4-7-19-34/h3-31H,1H2,2H3. The molecule has 232 valence electrons. The Balaban J connectivity index is 1.34. The molecule has 0 amide bonds. The van der Waals surface area contributed by atoms with E-state index in [0.29, 0.717) is 0 Å². The van der Waals surface area contributed by atoms with E-state index in [2.05, 4.69) is 192 Å². The van der Waals surface area contributed by atoms with Crippen LogP contribution < -0.4 is 0 Å². The second kappa shape index (κ2) is 11.7. The zero-order valence-corrected chi connectivity index (χ0v) is 27.3. The maximum Gasteiger partial charge on any atom is 0.0576 e. The zero-order chi connectivity index (χ0) is 32.9. The lowest BCUT2D eigenvalue weighted by Crippen LogP contribution is -1.99. The number of para-hydroxylation sites is 2. The van der Waals surface area contributed by atoms with E-state index < -0.39 is 0 Å². The number of hydrogen-bond acceptors (Lipinski definition) is 0. The summed E-state index contributed by atoms with van der Waals surface area (Å²) in [5, 5.41) is 3.74. The first-order valence-corrected chi connectivity index (χ1v) is 16.8. The van der Waals surface area contributed by atoms with Crippen LogP contribution in [0.3, 0.4) is 0 Å². The molecule has 0 atom stereocenters. The van der Waals surface area contributed by atoms with Crippen molar-refractivity contribution in [1.29, 1.82) is 0 Å². The lowest BCUT2D eigenvalue weighted by Gasteiger charge is -2.15. The van der Waals surface area contributed by atoms with Crippen molar-refractivity contribution in [2.75, 3.05) is 0 Å². The van der Waals surface area contributed by atoms with Crippen molar-refractivity contribution >= 4 is 38.8 Å². The second-order valence-corrected chi connectivity index (χ2v) is 12.6. The number of aryl methyl sites for hydroxylation is 1. The number of nitrogens with zero attached hydrogens (tertiary/aromatic N) is 2. The van der Waals surface area contributed by atoms with E-state index in [0.717, 1.165) is 16.9 Å². The largest absolute Gasteiger partial charge is 0.309 e. The molecule has 0 aliphatic carbocycles. The number of benzene rings is 7. The van der Waals surface area contributed by atoms with E-state index >= 15 is 0 Å². The Morgan fingerprint density at radius 1 is 0.429 bits per heavy atom. The third-order valence-electron chi connectivity index (χ3n) is 9.89. The van der Waals surface area contributed by atoms with Gasteiger partial charge in [0.2, 0.25) is 0 Å². The summed E-state index contributed by atoms with van der Waals surface area (Å²) in [7, 11) is 0. The van der Waals surface area contributed by atoms with Gasteiger partial charge in [-0.1, -0.05) is 140 Å². The average Bonchev–Trinajstić information content (AvgIpc) is 3.65. The fraction of sp³-hybridized carbons (Fsp3) is 0.0213. The van der Waals surface area contributed by atoms with Gasteiger partial charge in [0.15, 0.2) is 0 Å². The topological polar surface area (TPSA) is 9.86 Å². The lowest BCUT2D eigenvalue weighted by atomic mass is 9.94. The molecule has 0 fully saturated rings. The third kappa shape index (κ3) is 4.64. The lowest BCUT2D eigenvalue weighted by molar-refractivity contribution is 1.12. The second-order valence-electron chi connectivity index (χ2n) is 12.6. The minimum atomic E-state index is 1.12. The SMILES string of the molecule is C=Cc1ccccc1-c1c(C)c2cc3c4ccccc4n(-c4cccc(-c5ccccc5-c5ccccc5)c4)c3cc2n1-c1ccccc1. The average molecular weight is 627 g/mol. The van der Waals surface area contributed by atoms with Crippen LogP contribution in [0.5, 0.6) is 0 Å². The van der Waals surface area contributed by atoms with Gasteiger partial charge in [0.1, 0.15) is 0 Å². The van der Waals surface area contributed by atoms with Crippen LogP contribution in [0.2, 0.25) is 0 Å². The predicted molar refractivity (Wildman–Crippen MR) is 209 cm³/mol. The fourth-order valence-electron chi connectivity index (χ4n) is 7.66. The van der Waals surface area contributed by atoms with Gasteiger partial charge in [-0.2, -0.15) is 0 Å². The van der Waals surface area contributed by atoms with Crippen LogP contribution in [0.25, 0.3) is 83.7 Å². The minimum absolute atomic E-state index is 1.12. The third-order valence-corrected chi connectivity index (χ3v) is 9.89. The molecular weight excluding hydrogens is 593 g/mol. The summed E-state index contributed by atoms with van der Waals surface area (Å²) in [5.41, 5.74) is 15.4. The van der Waals surface area contributed by atoms with Crippen molar-refractivity contribution in [1.82, 2.24) is 9.13 Å². The molecule has 0 saturated carbocycles. The molecule has 0 bridgehead atoms. The summed E-state index contributed by atoms with van der Waals surface area (Å²) < 4.78 is 4.87. The Morgan fingerprint density at radius 3 is 1.80 bits per heavy atom. The summed E-state index contributed by atoms with van der Waals surface area (Å²) >= 11 is 0. The molecule has 2 nitrogen and oxygen atoms in total. The van der Waals surface area contributed by atoms with Gasteiger partial charge in [0.05, 0.1) is 22.2 Å². The van der Waals surface area contributed by atoms with Crippen molar-refractivity contribution in [3.8, 4) is 44.9 Å². The Kier molecular flexibility index (Phi) is 6.88. The van der Waals surface area contributed by atoms with E-state index in [-0.39, 0.29) is 0 Å². The Labute approximate surface area is 286 Å². The predicted octanol–water partition coefficient (Wildman–Crippen LogP) is 12.7. The maximum absolute atomic E-state index is 4.16. The number of fused-ring (bicyclic) bond motifs is 4. The van der Waals surface area contributed by atoms with Gasteiger partial charge < -0.3 is 9.13 Å². The maximum atomic E-state index is 4.16. The normalized spacial score (nSPS) is 11.4. The number of hydrogen-bond donors (Lipinski definition) is 0. The Hall–Kier alpha value is -6.38.